The number of rotatable bonds is 5. The van der Waals surface area contributed by atoms with Gasteiger partial charge >= 0.3 is 12.0 Å². The molecule has 0 atom stereocenters. The molecule has 0 radical (unpaired) electrons. The molecule has 0 unspecified atom stereocenters. The van der Waals surface area contributed by atoms with E-state index in [-0.39, 0.29) is 6.03 Å². The summed E-state index contributed by atoms with van der Waals surface area (Å²) >= 11 is 0. The van der Waals surface area contributed by atoms with Gasteiger partial charge in [-0.2, -0.15) is 0 Å². The fourth-order valence-electron chi connectivity index (χ4n) is 1.74. The minimum absolute atomic E-state index is 0.313. The van der Waals surface area contributed by atoms with E-state index in [2.05, 4.69) is 17.6 Å². The van der Waals surface area contributed by atoms with Crippen LogP contribution < -0.4 is 10.6 Å². The van der Waals surface area contributed by atoms with Gasteiger partial charge in [-0.15, -0.1) is 0 Å². The van der Waals surface area contributed by atoms with Crippen LogP contribution in [0, 0.1) is 13.8 Å². The van der Waals surface area contributed by atoms with Crippen LogP contribution in [0.4, 0.5) is 10.5 Å². The average Bonchev–Trinajstić information content (AvgIpc) is 2.42. The smallest absolute Gasteiger partial charge is 0.339 e. The van der Waals surface area contributed by atoms with Gasteiger partial charge in [-0.1, -0.05) is 13.3 Å². The summed E-state index contributed by atoms with van der Waals surface area (Å²) in [6, 6.07) is 3.19. The molecule has 0 spiro atoms. The summed E-state index contributed by atoms with van der Waals surface area (Å²) in [6.45, 7) is 6.50. The second kappa shape index (κ2) is 7.53. The Balaban J connectivity index is 2.90. The highest BCUT2D eigenvalue weighted by Crippen LogP contribution is 2.21. The molecule has 0 aliphatic carbocycles. The average molecular weight is 278 g/mol. The Kier molecular flexibility index (Phi) is 6.03. The Hall–Kier alpha value is -2.04. The number of benzene rings is 1. The Bertz CT molecular complexity index is 498. The minimum Gasteiger partial charge on any atom is -0.465 e. The first-order chi connectivity index (χ1) is 9.49. The van der Waals surface area contributed by atoms with Crippen LogP contribution in [0.25, 0.3) is 0 Å². The van der Waals surface area contributed by atoms with Gasteiger partial charge in [0.2, 0.25) is 0 Å². The lowest BCUT2D eigenvalue weighted by molar-refractivity contribution is 0.0602. The molecule has 110 valence electrons. The number of anilines is 1. The summed E-state index contributed by atoms with van der Waals surface area (Å²) in [6.07, 6.45) is 1.93. The number of nitrogens with one attached hydrogen (secondary N) is 2. The van der Waals surface area contributed by atoms with E-state index in [0.717, 1.165) is 24.0 Å². The van der Waals surface area contributed by atoms with E-state index in [0.29, 0.717) is 17.8 Å². The van der Waals surface area contributed by atoms with Gasteiger partial charge in [0.1, 0.15) is 0 Å². The van der Waals surface area contributed by atoms with Crippen LogP contribution in [0.1, 0.15) is 41.3 Å². The van der Waals surface area contributed by atoms with E-state index in [4.69, 9.17) is 4.74 Å². The quantitative estimate of drug-likeness (QED) is 0.642. The van der Waals surface area contributed by atoms with E-state index < -0.39 is 5.97 Å². The Morgan fingerprint density at radius 1 is 1.20 bits per heavy atom. The van der Waals surface area contributed by atoms with Crippen LogP contribution in [0.2, 0.25) is 0 Å². The molecular formula is C15H22N2O3. The second-order valence-corrected chi connectivity index (χ2v) is 4.71. The molecular weight excluding hydrogens is 256 g/mol. The Morgan fingerprint density at radius 3 is 2.45 bits per heavy atom. The number of carbonyl (C=O) groups excluding carboxylic acids is 2. The van der Waals surface area contributed by atoms with Gasteiger partial charge in [0.05, 0.1) is 18.4 Å². The summed E-state index contributed by atoms with van der Waals surface area (Å²) in [5.74, 6) is -0.461. The lowest BCUT2D eigenvalue weighted by atomic mass is 10.0. The molecule has 2 N–H and O–H groups in total. The predicted octanol–water partition coefficient (Wildman–Crippen LogP) is 3.01. The first kappa shape index (κ1) is 16.0. The summed E-state index contributed by atoms with van der Waals surface area (Å²) in [5.41, 5.74) is 2.80. The fraction of sp³-hybridized carbons (Fsp3) is 0.467. The molecule has 0 fully saturated rings. The number of urea groups is 1. The van der Waals surface area contributed by atoms with Crippen molar-refractivity contribution in [2.75, 3.05) is 19.0 Å². The monoisotopic (exact) mass is 278 g/mol. The van der Waals surface area contributed by atoms with Crippen molar-refractivity contribution in [2.24, 2.45) is 0 Å². The molecule has 0 saturated carbocycles. The second-order valence-electron chi connectivity index (χ2n) is 4.71. The van der Waals surface area contributed by atoms with Crippen molar-refractivity contribution in [1.82, 2.24) is 5.32 Å². The van der Waals surface area contributed by atoms with E-state index in [1.165, 1.54) is 7.11 Å². The van der Waals surface area contributed by atoms with Crippen molar-refractivity contribution in [2.45, 2.75) is 33.6 Å². The number of hydrogen-bond donors (Lipinski definition) is 2. The zero-order chi connectivity index (χ0) is 15.1. The third kappa shape index (κ3) is 4.26. The molecule has 5 nitrogen and oxygen atoms in total. The van der Waals surface area contributed by atoms with Crippen LogP contribution in [-0.2, 0) is 4.74 Å². The van der Waals surface area contributed by atoms with Gasteiger partial charge < -0.3 is 15.4 Å². The lowest BCUT2D eigenvalue weighted by Crippen LogP contribution is -2.30. The number of aryl methyl sites for hydroxylation is 2. The zero-order valence-electron chi connectivity index (χ0n) is 12.5. The molecule has 0 aliphatic heterocycles. The van der Waals surface area contributed by atoms with Gasteiger partial charge in [-0.3, -0.25) is 0 Å². The summed E-state index contributed by atoms with van der Waals surface area (Å²) < 4.78 is 4.74. The Labute approximate surface area is 119 Å². The number of carbonyl (C=O) groups is 2. The highest BCUT2D eigenvalue weighted by molar-refractivity contribution is 6.01. The molecule has 1 rings (SSSR count). The summed E-state index contributed by atoms with van der Waals surface area (Å²) in [4.78, 5) is 23.5. The number of amides is 2. The number of unbranched alkanes of at least 4 members (excludes halogenated alkanes) is 1. The molecule has 2 amide bonds. The summed E-state index contributed by atoms with van der Waals surface area (Å²) in [7, 11) is 1.32. The molecule has 20 heavy (non-hydrogen) atoms. The van der Waals surface area contributed by atoms with Crippen molar-refractivity contribution in [3.8, 4) is 0 Å². The normalized spacial score (nSPS) is 10.0. The number of methoxy groups -OCH3 is 1. The van der Waals surface area contributed by atoms with Crippen molar-refractivity contribution >= 4 is 17.7 Å². The minimum atomic E-state index is -0.461. The van der Waals surface area contributed by atoms with Crippen LogP contribution in [0.5, 0.6) is 0 Å². The van der Waals surface area contributed by atoms with Crippen molar-refractivity contribution in [3.63, 3.8) is 0 Å². The van der Waals surface area contributed by atoms with E-state index in [9.17, 15) is 9.59 Å². The molecule has 0 aliphatic rings. The standard InChI is InChI=1S/C15H22N2O3/c1-5-6-7-16-15(19)17-13-9-11(3)10(2)8-12(13)14(18)20-4/h8-9H,5-7H2,1-4H3,(H2,16,17,19). The highest BCUT2D eigenvalue weighted by atomic mass is 16.5. The first-order valence-corrected chi connectivity index (χ1v) is 6.74. The molecule has 0 saturated heterocycles. The molecule has 0 heterocycles. The largest absolute Gasteiger partial charge is 0.465 e. The number of hydrogen-bond acceptors (Lipinski definition) is 3. The maximum atomic E-state index is 11.8. The maximum Gasteiger partial charge on any atom is 0.339 e. The SMILES string of the molecule is CCCCNC(=O)Nc1cc(C)c(C)cc1C(=O)OC. The van der Waals surface area contributed by atoms with Crippen LogP contribution in [0.3, 0.4) is 0 Å². The van der Waals surface area contributed by atoms with E-state index >= 15 is 0 Å². The third-order valence-electron chi connectivity index (χ3n) is 3.10. The predicted molar refractivity (Wildman–Crippen MR) is 79.2 cm³/mol. The molecule has 1 aromatic rings. The highest BCUT2D eigenvalue weighted by Gasteiger charge is 2.15. The van der Waals surface area contributed by atoms with Gasteiger partial charge in [0, 0.05) is 6.54 Å². The molecule has 1 aromatic carbocycles. The van der Waals surface area contributed by atoms with Crippen molar-refractivity contribution in [3.05, 3.63) is 28.8 Å². The topological polar surface area (TPSA) is 67.4 Å². The van der Waals surface area contributed by atoms with Gasteiger partial charge in [-0.05, 0) is 43.5 Å². The first-order valence-electron chi connectivity index (χ1n) is 6.74. The van der Waals surface area contributed by atoms with Gasteiger partial charge in [0.25, 0.3) is 0 Å². The molecule has 5 heteroatoms. The Morgan fingerprint density at radius 2 is 1.85 bits per heavy atom. The molecule has 0 aromatic heterocycles. The van der Waals surface area contributed by atoms with Crippen LogP contribution >= 0.6 is 0 Å². The molecule has 0 bridgehead atoms. The van der Waals surface area contributed by atoms with Gasteiger partial charge in [-0.25, -0.2) is 9.59 Å². The maximum absolute atomic E-state index is 11.8. The van der Waals surface area contributed by atoms with Crippen LogP contribution in [-0.4, -0.2) is 25.7 Å². The van der Waals surface area contributed by atoms with Crippen molar-refractivity contribution in [1.29, 1.82) is 0 Å². The summed E-state index contributed by atoms with van der Waals surface area (Å²) in [5, 5.41) is 5.45. The number of ether oxygens (including phenoxy) is 1. The number of esters is 1. The van der Waals surface area contributed by atoms with Crippen molar-refractivity contribution < 1.29 is 14.3 Å². The third-order valence-corrected chi connectivity index (χ3v) is 3.10. The zero-order valence-corrected chi connectivity index (χ0v) is 12.5. The fourth-order valence-corrected chi connectivity index (χ4v) is 1.74. The lowest BCUT2D eigenvalue weighted by Gasteiger charge is -2.13. The van der Waals surface area contributed by atoms with E-state index in [1.54, 1.807) is 12.1 Å². The van der Waals surface area contributed by atoms with E-state index in [1.807, 2.05) is 13.8 Å². The van der Waals surface area contributed by atoms with Crippen LogP contribution in [0.15, 0.2) is 12.1 Å². The van der Waals surface area contributed by atoms with Gasteiger partial charge in [0.15, 0.2) is 0 Å².